The first-order valence-electron chi connectivity index (χ1n) is 9.14. The summed E-state index contributed by atoms with van der Waals surface area (Å²) < 4.78 is 11.3. The number of ether oxygens (including phenoxy) is 2. The summed E-state index contributed by atoms with van der Waals surface area (Å²) in [6.07, 6.45) is 8.90. The van der Waals surface area contributed by atoms with E-state index in [1.807, 2.05) is 6.92 Å². The Labute approximate surface area is 130 Å². The third-order valence-electron chi connectivity index (χ3n) is 6.14. The average molecular weight is 295 g/mol. The van der Waals surface area contributed by atoms with E-state index >= 15 is 0 Å². The van der Waals surface area contributed by atoms with Crippen molar-refractivity contribution < 1.29 is 9.47 Å². The van der Waals surface area contributed by atoms with Gasteiger partial charge in [-0.15, -0.1) is 0 Å². The molecule has 0 aromatic heterocycles. The second-order valence-corrected chi connectivity index (χ2v) is 7.66. The molecule has 4 bridgehead atoms. The molecule has 0 aromatic rings. The molecule has 3 nitrogen and oxygen atoms in total. The minimum atomic E-state index is 0.538. The van der Waals surface area contributed by atoms with Crippen LogP contribution in [0.3, 0.4) is 0 Å². The average Bonchev–Trinajstić information content (AvgIpc) is 2.44. The molecule has 21 heavy (non-hydrogen) atoms. The van der Waals surface area contributed by atoms with Crippen LogP contribution in [0, 0.1) is 23.2 Å². The summed E-state index contributed by atoms with van der Waals surface area (Å²) in [6.45, 7) is 8.45. The van der Waals surface area contributed by atoms with Gasteiger partial charge in [-0.05, 0) is 75.2 Å². The largest absolute Gasteiger partial charge is 0.379 e. The first-order valence-corrected chi connectivity index (χ1v) is 9.14. The number of hydrogen-bond donors (Lipinski definition) is 1. The van der Waals surface area contributed by atoms with Gasteiger partial charge in [0, 0.05) is 12.6 Å². The fraction of sp³-hybridized carbons (Fsp3) is 1.00. The highest BCUT2D eigenvalue weighted by Crippen LogP contribution is 2.61. The van der Waals surface area contributed by atoms with Gasteiger partial charge in [0.1, 0.15) is 0 Å². The van der Waals surface area contributed by atoms with E-state index < -0.39 is 0 Å². The van der Waals surface area contributed by atoms with Crippen LogP contribution in [0.2, 0.25) is 0 Å². The molecule has 3 heteroatoms. The second kappa shape index (κ2) is 6.97. The molecule has 4 aliphatic carbocycles. The molecule has 0 heterocycles. The van der Waals surface area contributed by atoms with Gasteiger partial charge in [0.2, 0.25) is 0 Å². The van der Waals surface area contributed by atoms with Gasteiger partial charge in [0.25, 0.3) is 0 Å². The summed E-state index contributed by atoms with van der Waals surface area (Å²) in [4.78, 5) is 0. The van der Waals surface area contributed by atoms with Crippen LogP contribution in [-0.2, 0) is 9.47 Å². The molecule has 0 aromatic carbocycles. The van der Waals surface area contributed by atoms with Gasteiger partial charge < -0.3 is 14.8 Å². The molecule has 0 aliphatic heterocycles. The first-order chi connectivity index (χ1) is 10.3. The van der Waals surface area contributed by atoms with Crippen molar-refractivity contribution in [3.8, 4) is 0 Å². The lowest BCUT2D eigenvalue weighted by atomic mass is 9.47. The summed E-state index contributed by atoms with van der Waals surface area (Å²) >= 11 is 0. The zero-order valence-corrected chi connectivity index (χ0v) is 13.9. The van der Waals surface area contributed by atoms with Gasteiger partial charge in [-0.2, -0.15) is 0 Å². The molecular weight excluding hydrogens is 262 g/mol. The molecule has 0 spiro atoms. The molecule has 1 N–H and O–H groups in total. The van der Waals surface area contributed by atoms with E-state index in [-0.39, 0.29) is 0 Å². The quantitative estimate of drug-likeness (QED) is 0.662. The van der Waals surface area contributed by atoms with Crippen molar-refractivity contribution >= 4 is 0 Å². The van der Waals surface area contributed by atoms with Gasteiger partial charge >= 0.3 is 0 Å². The molecule has 1 unspecified atom stereocenters. The lowest BCUT2D eigenvalue weighted by molar-refractivity contribution is -0.0906. The summed E-state index contributed by atoms with van der Waals surface area (Å²) in [5.41, 5.74) is 0.538. The summed E-state index contributed by atoms with van der Waals surface area (Å²) in [5.74, 6) is 3.04. The Morgan fingerprint density at radius 2 is 1.52 bits per heavy atom. The predicted octanol–water partition coefficient (Wildman–Crippen LogP) is 3.23. The third kappa shape index (κ3) is 3.46. The highest BCUT2D eigenvalue weighted by atomic mass is 16.5. The maximum atomic E-state index is 5.95. The molecule has 122 valence electrons. The van der Waals surface area contributed by atoms with Crippen molar-refractivity contribution in [2.45, 2.75) is 58.4 Å². The Bertz CT molecular complexity index is 296. The van der Waals surface area contributed by atoms with Crippen LogP contribution in [0.15, 0.2) is 0 Å². The highest BCUT2D eigenvalue weighted by molar-refractivity contribution is 5.06. The number of likely N-dealkylation sites (N-methyl/N-ethyl adjacent to an activating group) is 1. The minimum absolute atomic E-state index is 0.538. The number of hydrogen-bond acceptors (Lipinski definition) is 3. The standard InChI is InChI=1S/C18H33NO2/c1-3-19-17(13-21-6-5-20-4-2)18-10-14-7-15(11-18)9-16(8-14)12-18/h14-17,19H,3-13H2,1-2H3. The van der Waals surface area contributed by atoms with Crippen LogP contribution in [0.4, 0.5) is 0 Å². The van der Waals surface area contributed by atoms with Crippen molar-refractivity contribution in [2.24, 2.45) is 23.2 Å². The molecular formula is C18H33NO2. The van der Waals surface area contributed by atoms with Crippen LogP contribution in [0.1, 0.15) is 52.4 Å². The van der Waals surface area contributed by atoms with Crippen LogP contribution >= 0.6 is 0 Å². The Morgan fingerprint density at radius 1 is 0.952 bits per heavy atom. The van der Waals surface area contributed by atoms with Crippen LogP contribution in [0.25, 0.3) is 0 Å². The van der Waals surface area contributed by atoms with Gasteiger partial charge in [-0.3, -0.25) is 0 Å². The lowest BCUT2D eigenvalue weighted by Gasteiger charge is -2.59. The summed E-state index contributed by atoms with van der Waals surface area (Å²) in [5, 5.41) is 3.76. The van der Waals surface area contributed by atoms with Crippen LogP contribution < -0.4 is 5.32 Å². The Kier molecular flexibility index (Phi) is 5.23. The first kappa shape index (κ1) is 15.8. The molecule has 0 radical (unpaired) electrons. The summed E-state index contributed by atoms with van der Waals surface area (Å²) in [7, 11) is 0. The Hall–Kier alpha value is -0.120. The van der Waals surface area contributed by atoms with Crippen molar-refractivity contribution in [3.63, 3.8) is 0 Å². The molecule has 4 saturated carbocycles. The van der Waals surface area contributed by atoms with Gasteiger partial charge in [-0.1, -0.05) is 6.92 Å². The van der Waals surface area contributed by atoms with E-state index in [4.69, 9.17) is 9.47 Å². The molecule has 0 saturated heterocycles. The zero-order valence-electron chi connectivity index (χ0n) is 13.9. The van der Waals surface area contributed by atoms with E-state index in [2.05, 4.69) is 12.2 Å². The molecule has 0 amide bonds. The van der Waals surface area contributed by atoms with Gasteiger partial charge in [-0.25, -0.2) is 0 Å². The van der Waals surface area contributed by atoms with E-state index in [9.17, 15) is 0 Å². The van der Waals surface area contributed by atoms with Gasteiger partial charge in [0.05, 0.1) is 19.8 Å². The molecule has 1 atom stereocenters. The van der Waals surface area contributed by atoms with Crippen molar-refractivity contribution in [1.82, 2.24) is 5.32 Å². The van der Waals surface area contributed by atoms with E-state index in [1.54, 1.807) is 0 Å². The van der Waals surface area contributed by atoms with Crippen LogP contribution in [-0.4, -0.2) is 39.0 Å². The van der Waals surface area contributed by atoms with E-state index in [1.165, 1.54) is 38.5 Å². The maximum absolute atomic E-state index is 5.95. The minimum Gasteiger partial charge on any atom is -0.379 e. The fourth-order valence-electron chi connectivity index (χ4n) is 5.77. The van der Waals surface area contributed by atoms with Crippen molar-refractivity contribution in [2.75, 3.05) is 33.0 Å². The normalized spacial score (nSPS) is 38.9. The highest BCUT2D eigenvalue weighted by Gasteiger charge is 2.53. The number of rotatable bonds is 9. The topological polar surface area (TPSA) is 30.5 Å². The smallest absolute Gasteiger partial charge is 0.0701 e. The van der Waals surface area contributed by atoms with Crippen molar-refractivity contribution in [3.05, 3.63) is 0 Å². The maximum Gasteiger partial charge on any atom is 0.0701 e. The van der Waals surface area contributed by atoms with Gasteiger partial charge in [0.15, 0.2) is 0 Å². The SMILES string of the molecule is CCNC(COCCOCC)C12CC3CC(CC(C3)C1)C2. The predicted molar refractivity (Wildman–Crippen MR) is 85.4 cm³/mol. The fourth-order valence-corrected chi connectivity index (χ4v) is 5.77. The Balaban J connectivity index is 1.57. The van der Waals surface area contributed by atoms with Crippen LogP contribution in [0.5, 0.6) is 0 Å². The van der Waals surface area contributed by atoms with Crippen molar-refractivity contribution in [1.29, 1.82) is 0 Å². The zero-order chi connectivity index (χ0) is 14.7. The third-order valence-corrected chi connectivity index (χ3v) is 6.14. The second-order valence-electron chi connectivity index (χ2n) is 7.66. The molecule has 4 aliphatic rings. The summed E-state index contributed by atoms with van der Waals surface area (Å²) in [6, 6.07) is 0.553. The van der Waals surface area contributed by atoms with E-state index in [0.717, 1.165) is 50.7 Å². The Morgan fingerprint density at radius 3 is 2.05 bits per heavy atom. The monoisotopic (exact) mass is 295 g/mol. The lowest BCUT2D eigenvalue weighted by Crippen LogP contribution is -2.57. The van der Waals surface area contributed by atoms with E-state index in [0.29, 0.717) is 11.5 Å². The number of nitrogens with one attached hydrogen (secondary N) is 1. The molecule has 4 fully saturated rings. The molecule has 4 rings (SSSR count).